The number of fused-ring (bicyclic) bond motifs is 1. The Kier molecular flexibility index (Phi) is 3.99. The third-order valence-electron chi connectivity index (χ3n) is 3.62. The van der Waals surface area contributed by atoms with Crippen LogP contribution in [0.25, 0.3) is 10.9 Å². The van der Waals surface area contributed by atoms with Gasteiger partial charge in [-0.3, -0.25) is 10.7 Å². The second kappa shape index (κ2) is 6.08. The lowest BCUT2D eigenvalue weighted by Crippen LogP contribution is -2.17. The lowest BCUT2D eigenvalue weighted by atomic mass is 10.1. The van der Waals surface area contributed by atoms with Crippen LogP contribution in [0.3, 0.4) is 0 Å². The molecule has 2 N–H and O–H groups in total. The van der Waals surface area contributed by atoms with E-state index in [0.717, 1.165) is 24.0 Å². The molecule has 0 spiro atoms. The molecular weight excluding hydrogens is 280 g/mol. The van der Waals surface area contributed by atoms with E-state index in [1.165, 1.54) is 10.9 Å². The summed E-state index contributed by atoms with van der Waals surface area (Å²) in [6.45, 7) is 0.913. The van der Waals surface area contributed by atoms with Gasteiger partial charge in [0, 0.05) is 23.8 Å². The third-order valence-corrected chi connectivity index (χ3v) is 3.95. The average molecular weight is 296 g/mol. The molecule has 0 aliphatic heterocycles. The van der Waals surface area contributed by atoms with Gasteiger partial charge in [-0.05, 0) is 29.5 Å². The highest BCUT2D eigenvalue weighted by molar-refractivity contribution is 7.80. The predicted octanol–water partition coefficient (Wildman–Crippen LogP) is 3.54. The van der Waals surface area contributed by atoms with E-state index in [9.17, 15) is 0 Å². The number of hydrogen-bond donors (Lipinski definition) is 2. The number of thiocarbonyl (C=S) groups is 1. The maximum absolute atomic E-state index is 8.93. The van der Waals surface area contributed by atoms with E-state index in [-0.39, 0.29) is 0 Å². The third kappa shape index (κ3) is 2.96. The molecule has 2 aromatic carbocycles. The smallest absolute Gasteiger partial charge is 0.130 e. The lowest BCUT2D eigenvalue weighted by molar-refractivity contribution is 0.238. The van der Waals surface area contributed by atoms with Gasteiger partial charge in [0.25, 0.3) is 0 Å². The minimum absolute atomic E-state index is 0.340. The van der Waals surface area contributed by atoms with Crippen LogP contribution in [-0.2, 0) is 13.0 Å². The van der Waals surface area contributed by atoms with Gasteiger partial charge in [0.2, 0.25) is 0 Å². The van der Waals surface area contributed by atoms with E-state index in [0.29, 0.717) is 4.99 Å². The molecule has 3 rings (SSSR count). The molecule has 4 heteroatoms. The van der Waals surface area contributed by atoms with Gasteiger partial charge in [-0.2, -0.15) is 0 Å². The summed E-state index contributed by atoms with van der Waals surface area (Å²) in [5.74, 6) is 0. The molecule has 1 aromatic heterocycles. The maximum Gasteiger partial charge on any atom is 0.130 e. The Morgan fingerprint density at radius 3 is 2.67 bits per heavy atom. The average Bonchev–Trinajstić information content (AvgIpc) is 2.95. The Labute approximate surface area is 128 Å². The fourth-order valence-corrected chi connectivity index (χ4v) is 2.61. The van der Waals surface area contributed by atoms with Gasteiger partial charge in [-0.15, -0.1) is 0 Å². The van der Waals surface area contributed by atoms with Crippen molar-refractivity contribution in [2.45, 2.75) is 13.0 Å². The van der Waals surface area contributed by atoms with Gasteiger partial charge >= 0.3 is 0 Å². The van der Waals surface area contributed by atoms with Crippen molar-refractivity contribution in [2.75, 3.05) is 0 Å². The van der Waals surface area contributed by atoms with Crippen LogP contribution in [0.2, 0.25) is 0 Å². The second-order valence-corrected chi connectivity index (χ2v) is 5.37. The van der Waals surface area contributed by atoms with Crippen LogP contribution in [-0.4, -0.2) is 14.8 Å². The molecule has 3 nitrogen and oxygen atoms in total. The molecule has 0 unspecified atom stereocenters. The molecule has 0 amide bonds. The molecule has 0 saturated carbocycles. The van der Waals surface area contributed by atoms with Crippen molar-refractivity contribution < 1.29 is 5.21 Å². The van der Waals surface area contributed by atoms with E-state index in [2.05, 4.69) is 41.1 Å². The molecule has 0 aliphatic rings. The van der Waals surface area contributed by atoms with Crippen LogP contribution in [0.5, 0.6) is 0 Å². The molecule has 0 saturated heterocycles. The molecule has 3 aromatic rings. The van der Waals surface area contributed by atoms with Gasteiger partial charge in [0.1, 0.15) is 4.99 Å². The standard InChI is InChI=1S/C17H16N2OS/c20-18-17(21)15-7-6-14-9-11-19(16(14)12-15)10-8-13-4-2-1-3-5-13/h1-7,9,11-12,20H,8,10H2,(H,18,21). The molecule has 0 radical (unpaired) electrons. The van der Waals surface area contributed by atoms with Gasteiger partial charge in [-0.1, -0.05) is 54.7 Å². The van der Waals surface area contributed by atoms with E-state index >= 15 is 0 Å². The number of aromatic nitrogens is 1. The summed E-state index contributed by atoms with van der Waals surface area (Å²) in [5, 5.41) is 10.1. The zero-order valence-electron chi connectivity index (χ0n) is 11.5. The van der Waals surface area contributed by atoms with E-state index in [1.54, 1.807) is 0 Å². The van der Waals surface area contributed by atoms with Crippen LogP contribution >= 0.6 is 12.2 Å². The van der Waals surface area contributed by atoms with Crippen molar-refractivity contribution in [3.8, 4) is 0 Å². The molecule has 0 bridgehead atoms. The molecule has 1 heterocycles. The Morgan fingerprint density at radius 2 is 1.90 bits per heavy atom. The number of nitrogens with one attached hydrogen (secondary N) is 1. The quantitative estimate of drug-likeness (QED) is 0.571. The van der Waals surface area contributed by atoms with Crippen LogP contribution in [0, 0.1) is 0 Å². The Morgan fingerprint density at radius 1 is 1.10 bits per heavy atom. The van der Waals surface area contributed by atoms with Crippen molar-refractivity contribution in [3.63, 3.8) is 0 Å². The summed E-state index contributed by atoms with van der Waals surface area (Å²) in [6.07, 6.45) is 3.07. The zero-order valence-corrected chi connectivity index (χ0v) is 12.3. The SMILES string of the molecule is ONC(=S)c1ccc2ccn(CCc3ccccc3)c2c1. The first-order valence-corrected chi connectivity index (χ1v) is 7.26. The normalized spacial score (nSPS) is 10.7. The van der Waals surface area contributed by atoms with E-state index in [4.69, 9.17) is 17.4 Å². The Bertz CT molecular complexity index is 765. The largest absolute Gasteiger partial charge is 0.347 e. The highest BCUT2D eigenvalue weighted by Gasteiger charge is 2.05. The number of nitrogens with zero attached hydrogens (tertiary/aromatic N) is 1. The zero-order chi connectivity index (χ0) is 14.7. The fraction of sp³-hybridized carbons (Fsp3) is 0.118. The van der Waals surface area contributed by atoms with Gasteiger partial charge in [0.05, 0.1) is 0 Å². The van der Waals surface area contributed by atoms with Crippen LogP contribution in [0.15, 0.2) is 60.8 Å². The summed E-state index contributed by atoms with van der Waals surface area (Å²) in [4.78, 5) is 0.340. The van der Waals surface area contributed by atoms with E-state index < -0.39 is 0 Å². The fourth-order valence-electron chi connectivity index (χ4n) is 2.48. The Hall–Kier alpha value is -2.17. The van der Waals surface area contributed by atoms with Crippen LogP contribution in [0.1, 0.15) is 11.1 Å². The maximum atomic E-state index is 8.93. The summed E-state index contributed by atoms with van der Waals surface area (Å²) >= 11 is 5.07. The first-order chi connectivity index (χ1) is 10.3. The number of hydrogen-bond acceptors (Lipinski definition) is 2. The number of benzene rings is 2. The van der Waals surface area contributed by atoms with Gasteiger partial charge in [-0.25, -0.2) is 0 Å². The highest BCUT2D eigenvalue weighted by atomic mass is 32.1. The van der Waals surface area contributed by atoms with Crippen molar-refractivity contribution in [1.29, 1.82) is 0 Å². The summed E-state index contributed by atoms with van der Waals surface area (Å²) in [5.41, 5.74) is 5.30. The van der Waals surface area contributed by atoms with Crippen LogP contribution in [0.4, 0.5) is 0 Å². The van der Waals surface area contributed by atoms with Crippen molar-refractivity contribution in [2.24, 2.45) is 0 Å². The number of aryl methyl sites for hydroxylation is 2. The number of rotatable bonds is 4. The first kappa shape index (κ1) is 13.8. The second-order valence-electron chi connectivity index (χ2n) is 4.96. The van der Waals surface area contributed by atoms with Gasteiger partial charge < -0.3 is 4.57 Å². The summed E-state index contributed by atoms with van der Waals surface area (Å²) in [6, 6.07) is 18.5. The molecule has 0 atom stereocenters. The highest BCUT2D eigenvalue weighted by Crippen LogP contribution is 2.18. The first-order valence-electron chi connectivity index (χ1n) is 6.85. The molecule has 106 valence electrons. The number of hydroxylamine groups is 1. The molecular formula is C17H16N2OS. The van der Waals surface area contributed by atoms with Crippen molar-refractivity contribution in [1.82, 2.24) is 10.0 Å². The monoisotopic (exact) mass is 296 g/mol. The van der Waals surface area contributed by atoms with Crippen molar-refractivity contribution >= 4 is 28.1 Å². The molecule has 21 heavy (non-hydrogen) atoms. The molecule has 0 aliphatic carbocycles. The lowest BCUT2D eigenvalue weighted by Gasteiger charge is -2.07. The van der Waals surface area contributed by atoms with E-state index in [1.807, 2.05) is 29.7 Å². The summed E-state index contributed by atoms with van der Waals surface area (Å²) < 4.78 is 2.21. The minimum Gasteiger partial charge on any atom is -0.347 e. The van der Waals surface area contributed by atoms with Crippen LogP contribution < -0.4 is 5.48 Å². The summed E-state index contributed by atoms with van der Waals surface area (Å²) in [7, 11) is 0. The van der Waals surface area contributed by atoms with Gasteiger partial charge in [0.15, 0.2) is 0 Å². The Balaban J connectivity index is 1.86. The van der Waals surface area contributed by atoms with Crippen molar-refractivity contribution in [3.05, 3.63) is 71.9 Å². The molecule has 0 fully saturated rings. The topological polar surface area (TPSA) is 37.2 Å². The minimum atomic E-state index is 0.340. The predicted molar refractivity (Wildman–Crippen MR) is 88.7 cm³/mol.